The van der Waals surface area contributed by atoms with Crippen molar-refractivity contribution in [3.05, 3.63) is 29.6 Å². The second-order valence-corrected chi connectivity index (χ2v) is 5.15. The first kappa shape index (κ1) is 14.5. The number of aromatic nitrogens is 1. The summed E-state index contributed by atoms with van der Waals surface area (Å²) >= 11 is 0. The van der Waals surface area contributed by atoms with Gasteiger partial charge in [0.25, 0.3) is 5.91 Å². The zero-order valence-electron chi connectivity index (χ0n) is 11.8. The van der Waals surface area contributed by atoms with Crippen LogP contribution in [0.3, 0.4) is 0 Å². The third-order valence-corrected chi connectivity index (χ3v) is 3.54. The van der Waals surface area contributed by atoms with E-state index in [4.69, 9.17) is 5.11 Å². The third kappa shape index (κ3) is 3.58. The second kappa shape index (κ2) is 7.06. The number of hydrogen-bond donors (Lipinski definition) is 1. The fraction of sp³-hybridized carbons (Fsp3) is 0.500. The normalized spacial score (nSPS) is 15.6. The van der Waals surface area contributed by atoms with Crippen LogP contribution in [0.25, 0.3) is 0 Å². The average Bonchev–Trinajstić information content (AvgIpc) is 2.48. The number of pyridine rings is 1. The van der Waals surface area contributed by atoms with E-state index in [-0.39, 0.29) is 12.5 Å². The van der Waals surface area contributed by atoms with Crippen molar-refractivity contribution < 1.29 is 9.90 Å². The molecule has 1 saturated heterocycles. The standard InChI is InChI=1S/C16H20N2O2/c1-13-7-10-18(11-8-13)16(20)15-14(5-2-3-12-19)6-4-9-17-15/h4,6,9,13,19H,3,7-8,10-12H2,1H3. The van der Waals surface area contributed by atoms with Crippen molar-refractivity contribution in [2.45, 2.75) is 26.2 Å². The molecule has 0 bridgehead atoms. The molecule has 1 fully saturated rings. The number of likely N-dealkylation sites (tertiary alicyclic amines) is 1. The van der Waals surface area contributed by atoms with E-state index in [1.165, 1.54) is 0 Å². The Kier molecular flexibility index (Phi) is 5.14. The van der Waals surface area contributed by atoms with Gasteiger partial charge < -0.3 is 10.0 Å². The zero-order valence-corrected chi connectivity index (χ0v) is 11.8. The molecular weight excluding hydrogens is 252 g/mol. The van der Waals surface area contributed by atoms with Crippen molar-refractivity contribution in [1.82, 2.24) is 9.88 Å². The molecular formula is C16H20N2O2. The van der Waals surface area contributed by atoms with E-state index in [1.54, 1.807) is 18.3 Å². The molecule has 1 aromatic heterocycles. The smallest absolute Gasteiger partial charge is 0.273 e. The highest BCUT2D eigenvalue weighted by Crippen LogP contribution is 2.18. The number of piperidine rings is 1. The van der Waals surface area contributed by atoms with Crippen LogP contribution in [0.2, 0.25) is 0 Å². The molecule has 4 heteroatoms. The Morgan fingerprint density at radius 1 is 1.50 bits per heavy atom. The molecule has 1 aromatic rings. The molecule has 0 spiro atoms. The minimum atomic E-state index is -0.0363. The van der Waals surface area contributed by atoms with Gasteiger partial charge in [0.05, 0.1) is 12.2 Å². The highest BCUT2D eigenvalue weighted by Gasteiger charge is 2.23. The lowest BCUT2D eigenvalue weighted by molar-refractivity contribution is 0.0691. The summed E-state index contributed by atoms with van der Waals surface area (Å²) in [5.41, 5.74) is 1.07. The van der Waals surface area contributed by atoms with Crippen molar-refractivity contribution in [3.63, 3.8) is 0 Å². The molecule has 0 aliphatic carbocycles. The van der Waals surface area contributed by atoms with Crippen molar-refractivity contribution >= 4 is 5.91 Å². The summed E-state index contributed by atoms with van der Waals surface area (Å²) < 4.78 is 0. The number of aliphatic hydroxyl groups excluding tert-OH is 1. The van der Waals surface area contributed by atoms with Gasteiger partial charge in [-0.15, -0.1) is 0 Å². The third-order valence-electron chi connectivity index (χ3n) is 3.54. The Balaban J connectivity index is 2.16. The molecule has 1 aliphatic heterocycles. The summed E-state index contributed by atoms with van der Waals surface area (Å²) in [4.78, 5) is 18.6. The number of rotatable bonds is 2. The van der Waals surface area contributed by atoms with E-state index in [2.05, 4.69) is 23.7 Å². The van der Waals surface area contributed by atoms with Gasteiger partial charge in [-0.1, -0.05) is 18.8 Å². The molecule has 1 N–H and O–H groups in total. The van der Waals surface area contributed by atoms with Crippen LogP contribution in [0.5, 0.6) is 0 Å². The highest BCUT2D eigenvalue weighted by atomic mass is 16.2. The van der Waals surface area contributed by atoms with Crippen LogP contribution in [0.15, 0.2) is 18.3 Å². The largest absolute Gasteiger partial charge is 0.395 e. The SMILES string of the molecule is CC1CCN(C(=O)c2ncccc2C#CCCO)CC1. The lowest BCUT2D eigenvalue weighted by atomic mass is 9.99. The highest BCUT2D eigenvalue weighted by molar-refractivity contribution is 5.94. The van der Waals surface area contributed by atoms with Gasteiger partial charge in [-0.05, 0) is 30.9 Å². The van der Waals surface area contributed by atoms with E-state index in [0.29, 0.717) is 23.6 Å². The van der Waals surface area contributed by atoms with Crippen molar-refractivity contribution in [3.8, 4) is 11.8 Å². The zero-order chi connectivity index (χ0) is 14.4. The molecule has 1 aliphatic rings. The van der Waals surface area contributed by atoms with Crippen molar-refractivity contribution in [2.75, 3.05) is 19.7 Å². The summed E-state index contributed by atoms with van der Waals surface area (Å²) in [5, 5.41) is 8.76. The minimum absolute atomic E-state index is 0.0283. The van der Waals surface area contributed by atoms with E-state index in [1.807, 2.05) is 4.90 Å². The molecule has 106 valence electrons. The Morgan fingerprint density at radius 3 is 2.95 bits per heavy atom. The lowest BCUT2D eigenvalue weighted by Gasteiger charge is -2.30. The maximum Gasteiger partial charge on any atom is 0.273 e. The van der Waals surface area contributed by atoms with Gasteiger partial charge in [0, 0.05) is 25.7 Å². The summed E-state index contributed by atoms with van der Waals surface area (Å²) in [6.45, 7) is 3.83. The first-order chi connectivity index (χ1) is 9.72. The fourth-order valence-corrected chi connectivity index (χ4v) is 2.25. The molecule has 0 saturated carbocycles. The van der Waals surface area contributed by atoms with Crippen LogP contribution in [0.1, 0.15) is 42.2 Å². The predicted octanol–water partition coefficient (Wildman–Crippen LogP) is 1.69. The van der Waals surface area contributed by atoms with Crippen LogP contribution in [-0.2, 0) is 0 Å². The van der Waals surface area contributed by atoms with E-state index in [9.17, 15) is 4.79 Å². The Labute approximate surface area is 119 Å². The molecule has 20 heavy (non-hydrogen) atoms. The van der Waals surface area contributed by atoms with Crippen LogP contribution in [-0.4, -0.2) is 40.6 Å². The monoisotopic (exact) mass is 272 g/mol. The number of amides is 1. The molecule has 4 nitrogen and oxygen atoms in total. The van der Waals surface area contributed by atoms with Gasteiger partial charge in [0.1, 0.15) is 5.69 Å². The van der Waals surface area contributed by atoms with Gasteiger partial charge in [-0.3, -0.25) is 4.79 Å². The first-order valence-electron chi connectivity index (χ1n) is 7.06. The molecule has 0 unspecified atom stereocenters. The number of carbonyl (C=O) groups is 1. The van der Waals surface area contributed by atoms with Crippen molar-refractivity contribution in [2.24, 2.45) is 5.92 Å². The van der Waals surface area contributed by atoms with Gasteiger partial charge in [0.2, 0.25) is 0 Å². The maximum atomic E-state index is 12.5. The van der Waals surface area contributed by atoms with Gasteiger partial charge in [-0.2, -0.15) is 0 Å². The Morgan fingerprint density at radius 2 is 2.25 bits per heavy atom. The molecule has 0 radical (unpaired) electrons. The number of aliphatic hydroxyl groups is 1. The van der Waals surface area contributed by atoms with Gasteiger partial charge >= 0.3 is 0 Å². The number of carbonyl (C=O) groups excluding carboxylic acids is 1. The average molecular weight is 272 g/mol. The number of nitrogens with zero attached hydrogens (tertiary/aromatic N) is 2. The second-order valence-electron chi connectivity index (χ2n) is 5.15. The molecule has 0 atom stereocenters. The Hall–Kier alpha value is -1.86. The van der Waals surface area contributed by atoms with Gasteiger partial charge in [-0.25, -0.2) is 4.98 Å². The van der Waals surface area contributed by atoms with Gasteiger partial charge in [0.15, 0.2) is 0 Å². The van der Waals surface area contributed by atoms with E-state index >= 15 is 0 Å². The topological polar surface area (TPSA) is 53.4 Å². The van der Waals surface area contributed by atoms with Crippen LogP contribution >= 0.6 is 0 Å². The van der Waals surface area contributed by atoms with Crippen molar-refractivity contribution in [1.29, 1.82) is 0 Å². The summed E-state index contributed by atoms with van der Waals surface area (Å²) in [6.07, 6.45) is 4.12. The molecule has 0 aromatic carbocycles. The van der Waals surface area contributed by atoms with E-state index < -0.39 is 0 Å². The molecule has 2 heterocycles. The lowest BCUT2D eigenvalue weighted by Crippen LogP contribution is -2.38. The fourth-order valence-electron chi connectivity index (χ4n) is 2.25. The Bertz CT molecular complexity index is 523. The minimum Gasteiger partial charge on any atom is -0.395 e. The summed E-state index contributed by atoms with van der Waals surface area (Å²) in [6, 6.07) is 3.58. The quantitative estimate of drug-likeness (QED) is 0.834. The first-order valence-corrected chi connectivity index (χ1v) is 7.06. The summed E-state index contributed by atoms with van der Waals surface area (Å²) in [7, 11) is 0. The van der Waals surface area contributed by atoms with Crippen LogP contribution < -0.4 is 0 Å². The maximum absolute atomic E-state index is 12.5. The predicted molar refractivity (Wildman–Crippen MR) is 77.1 cm³/mol. The molecule has 1 amide bonds. The van der Waals surface area contributed by atoms with Crippen LogP contribution in [0, 0.1) is 17.8 Å². The molecule has 2 rings (SSSR count). The number of hydrogen-bond acceptors (Lipinski definition) is 3. The van der Waals surface area contributed by atoms with Crippen LogP contribution in [0.4, 0.5) is 0 Å². The van der Waals surface area contributed by atoms with E-state index in [0.717, 1.165) is 25.9 Å². The summed E-state index contributed by atoms with van der Waals surface area (Å²) in [5.74, 6) is 6.42.